The zero-order valence-electron chi connectivity index (χ0n) is 8.36. The summed E-state index contributed by atoms with van der Waals surface area (Å²) >= 11 is 0. The molecule has 0 aromatic carbocycles. The Morgan fingerprint density at radius 1 is 1.53 bits per heavy atom. The summed E-state index contributed by atoms with van der Waals surface area (Å²) in [6.45, 7) is 1.89. The second-order valence-corrected chi connectivity index (χ2v) is 2.93. The third-order valence-electron chi connectivity index (χ3n) is 1.64. The van der Waals surface area contributed by atoms with E-state index in [1.807, 2.05) is 6.92 Å². The average Bonchev–Trinajstić information content (AvgIpc) is 2.18. The first-order chi connectivity index (χ1) is 7.13. The zero-order chi connectivity index (χ0) is 11.3. The van der Waals surface area contributed by atoms with Gasteiger partial charge in [-0.3, -0.25) is 14.9 Å². The van der Waals surface area contributed by atoms with Gasteiger partial charge in [-0.05, 0) is 12.5 Å². The lowest BCUT2D eigenvalue weighted by molar-refractivity contribution is -0.116. The van der Waals surface area contributed by atoms with E-state index in [1.165, 1.54) is 12.3 Å². The van der Waals surface area contributed by atoms with Crippen molar-refractivity contribution >= 4 is 17.8 Å². The van der Waals surface area contributed by atoms with Crippen molar-refractivity contribution in [2.24, 2.45) is 5.73 Å². The number of hydrogen-bond acceptors (Lipinski definition) is 4. The van der Waals surface area contributed by atoms with Gasteiger partial charge in [0.15, 0.2) is 0 Å². The number of nitrogens with one attached hydrogen (secondary N) is 1. The Labute approximate surface area is 86.9 Å². The van der Waals surface area contributed by atoms with Gasteiger partial charge in [0, 0.05) is 12.6 Å². The molecule has 1 aromatic rings. The van der Waals surface area contributed by atoms with E-state index >= 15 is 0 Å². The maximum absolute atomic E-state index is 11.2. The van der Waals surface area contributed by atoms with Crippen molar-refractivity contribution in [1.82, 2.24) is 9.97 Å². The largest absolute Gasteiger partial charge is 0.364 e. The Morgan fingerprint density at radius 3 is 2.87 bits per heavy atom. The molecule has 1 aromatic heterocycles. The predicted octanol–water partition coefficient (Wildman–Crippen LogP) is 0.314. The molecule has 3 N–H and O–H groups in total. The Morgan fingerprint density at radius 2 is 2.27 bits per heavy atom. The third kappa shape index (κ3) is 3.34. The summed E-state index contributed by atoms with van der Waals surface area (Å²) in [7, 11) is 0. The van der Waals surface area contributed by atoms with Crippen LogP contribution < -0.4 is 11.1 Å². The number of nitrogens with zero attached hydrogens (tertiary/aromatic N) is 2. The maximum Gasteiger partial charge on any atom is 0.267 e. The van der Waals surface area contributed by atoms with Crippen LogP contribution in [0.3, 0.4) is 0 Å². The van der Waals surface area contributed by atoms with Crippen molar-refractivity contribution in [1.29, 1.82) is 0 Å². The number of anilines is 1. The first-order valence-electron chi connectivity index (χ1n) is 4.56. The standard InChI is InChI=1S/C9H12N4O2/c1-2-3-7(14)13-9-11-5-4-6(12-9)8(10)15/h4-5H,2-3H2,1H3,(H2,10,15)(H,11,12,13,14). The normalized spacial score (nSPS) is 9.67. The van der Waals surface area contributed by atoms with Crippen molar-refractivity contribution in [2.75, 3.05) is 5.32 Å². The van der Waals surface area contributed by atoms with Crippen LogP contribution in [-0.4, -0.2) is 21.8 Å². The van der Waals surface area contributed by atoms with Crippen LogP contribution in [0, 0.1) is 0 Å². The molecular formula is C9H12N4O2. The number of rotatable bonds is 4. The number of aromatic nitrogens is 2. The molecule has 0 aliphatic heterocycles. The van der Waals surface area contributed by atoms with Crippen molar-refractivity contribution < 1.29 is 9.59 Å². The first-order valence-corrected chi connectivity index (χ1v) is 4.56. The van der Waals surface area contributed by atoms with Gasteiger partial charge >= 0.3 is 0 Å². The van der Waals surface area contributed by atoms with E-state index in [4.69, 9.17) is 5.73 Å². The Hall–Kier alpha value is -1.98. The molecular weight excluding hydrogens is 196 g/mol. The smallest absolute Gasteiger partial charge is 0.267 e. The molecule has 1 rings (SSSR count). The fourth-order valence-electron chi connectivity index (χ4n) is 0.970. The number of carbonyl (C=O) groups excluding carboxylic acids is 2. The number of nitrogens with two attached hydrogens (primary N) is 1. The SMILES string of the molecule is CCCC(=O)Nc1nccc(C(N)=O)n1. The van der Waals surface area contributed by atoms with Gasteiger partial charge in [0.25, 0.3) is 5.91 Å². The fraction of sp³-hybridized carbons (Fsp3) is 0.333. The quantitative estimate of drug-likeness (QED) is 0.744. The molecule has 15 heavy (non-hydrogen) atoms. The molecule has 0 aliphatic carbocycles. The van der Waals surface area contributed by atoms with Crippen molar-refractivity contribution in [3.8, 4) is 0 Å². The van der Waals surface area contributed by atoms with Crippen molar-refractivity contribution in [3.05, 3.63) is 18.0 Å². The number of carbonyl (C=O) groups is 2. The van der Waals surface area contributed by atoms with E-state index in [2.05, 4.69) is 15.3 Å². The minimum Gasteiger partial charge on any atom is -0.364 e. The maximum atomic E-state index is 11.2. The number of primary amides is 1. The third-order valence-corrected chi connectivity index (χ3v) is 1.64. The van der Waals surface area contributed by atoms with Crippen LogP contribution in [0.2, 0.25) is 0 Å². The molecule has 6 heteroatoms. The highest BCUT2D eigenvalue weighted by Crippen LogP contribution is 2.01. The molecule has 1 heterocycles. The van der Waals surface area contributed by atoms with E-state index in [9.17, 15) is 9.59 Å². The molecule has 0 aliphatic rings. The van der Waals surface area contributed by atoms with Crippen molar-refractivity contribution in [2.45, 2.75) is 19.8 Å². The van der Waals surface area contributed by atoms with Crippen LogP contribution in [0.15, 0.2) is 12.3 Å². The first kappa shape index (κ1) is 11.1. The Balaban J connectivity index is 2.73. The lowest BCUT2D eigenvalue weighted by Gasteiger charge is -2.02. The second kappa shape index (κ2) is 5.04. The van der Waals surface area contributed by atoms with E-state index in [0.29, 0.717) is 6.42 Å². The molecule has 80 valence electrons. The molecule has 0 bridgehead atoms. The van der Waals surface area contributed by atoms with E-state index in [0.717, 1.165) is 6.42 Å². The monoisotopic (exact) mass is 208 g/mol. The minimum atomic E-state index is -0.650. The van der Waals surface area contributed by atoms with E-state index < -0.39 is 5.91 Å². The van der Waals surface area contributed by atoms with Crippen LogP contribution in [0.4, 0.5) is 5.95 Å². The van der Waals surface area contributed by atoms with Crippen LogP contribution in [0.5, 0.6) is 0 Å². The highest BCUT2D eigenvalue weighted by atomic mass is 16.2. The van der Waals surface area contributed by atoms with Crippen LogP contribution in [0.25, 0.3) is 0 Å². The highest BCUT2D eigenvalue weighted by Gasteiger charge is 2.06. The molecule has 0 saturated heterocycles. The van der Waals surface area contributed by atoms with Gasteiger partial charge in [0.1, 0.15) is 5.69 Å². The summed E-state index contributed by atoms with van der Waals surface area (Å²) in [6.07, 6.45) is 2.50. The van der Waals surface area contributed by atoms with E-state index in [-0.39, 0.29) is 17.5 Å². The zero-order valence-corrected chi connectivity index (χ0v) is 8.36. The van der Waals surface area contributed by atoms with Crippen molar-refractivity contribution in [3.63, 3.8) is 0 Å². The molecule has 0 unspecified atom stereocenters. The fourth-order valence-corrected chi connectivity index (χ4v) is 0.970. The number of amides is 2. The predicted molar refractivity (Wildman–Crippen MR) is 54.1 cm³/mol. The average molecular weight is 208 g/mol. The summed E-state index contributed by atoms with van der Waals surface area (Å²) in [5.41, 5.74) is 5.11. The highest BCUT2D eigenvalue weighted by molar-refractivity contribution is 5.92. The molecule has 0 fully saturated rings. The van der Waals surface area contributed by atoms with Crippen LogP contribution >= 0.6 is 0 Å². The van der Waals surface area contributed by atoms with Gasteiger partial charge in [0.05, 0.1) is 0 Å². The van der Waals surface area contributed by atoms with Gasteiger partial charge < -0.3 is 5.73 Å². The molecule has 2 amide bonds. The Bertz CT molecular complexity index is 378. The summed E-state index contributed by atoms with van der Waals surface area (Å²) in [4.78, 5) is 29.5. The lowest BCUT2D eigenvalue weighted by atomic mass is 10.3. The molecule has 0 radical (unpaired) electrons. The van der Waals surface area contributed by atoms with Gasteiger partial charge in [-0.1, -0.05) is 6.92 Å². The summed E-state index contributed by atoms with van der Waals surface area (Å²) in [6, 6.07) is 1.39. The molecule has 0 spiro atoms. The van der Waals surface area contributed by atoms with Gasteiger partial charge in [-0.2, -0.15) is 0 Å². The molecule has 0 saturated carbocycles. The van der Waals surface area contributed by atoms with Gasteiger partial charge in [-0.15, -0.1) is 0 Å². The van der Waals surface area contributed by atoms with E-state index in [1.54, 1.807) is 0 Å². The molecule has 0 atom stereocenters. The Kier molecular flexibility index (Phi) is 3.73. The van der Waals surface area contributed by atoms with Crippen LogP contribution in [-0.2, 0) is 4.79 Å². The van der Waals surface area contributed by atoms with Gasteiger partial charge in [-0.25, -0.2) is 9.97 Å². The summed E-state index contributed by atoms with van der Waals surface area (Å²) in [5, 5.41) is 2.47. The molecule has 6 nitrogen and oxygen atoms in total. The summed E-state index contributed by atoms with van der Waals surface area (Å²) in [5.74, 6) is -0.729. The van der Waals surface area contributed by atoms with Crippen LogP contribution in [0.1, 0.15) is 30.3 Å². The summed E-state index contributed by atoms with van der Waals surface area (Å²) < 4.78 is 0. The topological polar surface area (TPSA) is 98.0 Å². The minimum absolute atomic E-state index is 0.0804. The lowest BCUT2D eigenvalue weighted by Crippen LogP contribution is -2.17. The number of hydrogen-bond donors (Lipinski definition) is 2. The van der Waals surface area contributed by atoms with Gasteiger partial charge in [0.2, 0.25) is 11.9 Å². The second-order valence-electron chi connectivity index (χ2n) is 2.93.